The van der Waals surface area contributed by atoms with Gasteiger partial charge in [0.2, 0.25) is 9.81 Å². The van der Waals surface area contributed by atoms with Gasteiger partial charge in [-0.25, -0.2) is 18.1 Å². The van der Waals surface area contributed by atoms with Gasteiger partial charge < -0.3 is 0 Å². The van der Waals surface area contributed by atoms with Crippen LogP contribution in [0.25, 0.3) is 0 Å². The van der Waals surface area contributed by atoms with Crippen molar-refractivity contribution >= 4 is 27.1 Å². The Morgan fingerprint density at radius 1 is 1.45 bits per heavy atom. The van der Waals surface area contributed by atoms with Crippen molar-refractivity contribution in [1.82, 2.24) is 14.8 Å². The number of amides is 1. The molecule has 29 heavy (non-hydrogen) atoms. The topological polar surface area (TPSA) is 118 Å². The second-order valence-corrected chi connectivity index (χ2v) is 9.60. The zero-order valence-electron chi connectivity index (χ0n) is 15.2. The first-order chi connectivity index (χ1) is 13.4. The van der Waals surface area contributed by atoms with Crippen LogP contribution in [-0.4, -0.2) is 34.8 Å². The summed E-state index contributed by atoms with van der Waals surface area (Å²) < 4.78 is 64.1. The highest BCUT2D eigenvalue weighted by Gasteiger charge is 2.46. The van der Waals surface area contributed by atoms with Crippen molar-refractivity contribution in [3.05, 3.63) is 33.3 Å². The number of nitrogens with zero attached hydrogens (tertiary/aromatic N) is 5. The van der Waals surface area contributed by atoms with Crippen LogP contribution in [0.5, 0.6) is 0 Å². The molecule has 0 bridgehead atoms. The molecule has 0 radical (unpaired) electrons. The highest BCUT2D eigenvalue weighted by molar-refractivity contribution is 7.91. The lowest BCUT2D eigenvalue weighted by atomic mass is 9.99. The predicted molar refractivity (Wildman–Crippen MR) is 94.5 cm³/mol. The van der Waals surface area contributed by atoms with E-state index in [4.69, 9.17) is 0 Å². The number of nitriles is 1. The molecule has 3 rings (SSSR count). The summed E-state index contributed by atoms with van der Waals surface area (Å²) in [6, 6.07) is 3.35. The average Bonchev–Trinajstić information content (AvgIpc) is 3.38. The molecule has 13 heteroatoms. The molecule has 0 saturated heterocycles. The van der Waals surface area contributed by atoms with E-state index in [0.29, 0.717) is 18.4 Å². The highest BCUT2D eigenvalue weighted by Crippen LogP contribution is 2.47. The van der Waals surface area contributed by atoms with Crippen LogP contribution in [0, 0.1) is 11.3 Å². The number of hydrogen-bond acceptors (Lipinski definition) is 7. The van der Waals surface area contributed by atoms with E-state index in [2.05, 4.69) is 21.1 Å². The first-order valence-electron chi connectivity index (χ1n) is 8.28. The molecule has 0 spiro atoms. The van der Waals surface area contributed by atoms with Gasteiger partial charge in [0, 0.05) is 13.2 Å². The lowest BCUT2D eigenvalue weighted by Gasteiger charge is -2.11. The van der Waals surface area contributed by atoms with E-state index >= 15 is 0 Å². The monoisotopic (exact) mass is 445 g/mol. The number of hydrogen-bond donors (Lipinski definition) is 0. The van der Waals surface area contributed by atoms with Gasteiger partial charge in [-0.3, -0.25) is 4.79 Å². The molecular weight excluding hydrogens is 431 g/mol. The lowest BCUT2D eigenvalue weighted by molar-refractivity contribution is -0.138. The number of aromatic nitrogens is 3. The molecule has 1 saturated carbocycles. The molecule has 2 aromatic rings. The second-order valence-electron chi connectivity index (χ2n) is 6.40. The third-order valence-electron chi connectivity index (χ3n) is 4.43. The SMILES string of the molecule is CCS(=O)(=O)c1cc(C2(C#N)CC2)cnc1C(=O)N=c1sc(C(F)(F)F)nn1C. The maximum Gasteiger partial charge on any atom is 0.445 e. The van der Waals surface area contributed by atoms with Gasteiger partial charge in [0.15, 0.2) is 9.84 Å². The minimum Gasteiger partial charge on any atom is -0.265 e. The van der Waals surface area contributed by atoms with E-state index in [0.717, 1.165) is 4.68 Å². The summed E-state index contributed by atoms with van der Waals surface area (Å²) in [5, 5.41) is 11.4. The molecule has 0 aliphatic heterocycles. The summed E-state index contributed by atoms with van der Waals surface area (Å²) in [6.07, 6.45) is -2.37. The number of halogens is 3. The van der Waals surface area contributed by atoms with E-state index < -0.39 is 42.9 Å². The van der Waals surface area contributed by atoms with Crippen molar-refractivity contribution in [3.8, 4) is 6.07 Å². The fraction of sp³-hybridized carbons (Fsp3) is 0.438. The Hall–Kier alpha value is -2.59. The molecule has 0 N–H and O–H groups in total. The zero-order chi connectivity index (χ0) is 21.6. The summed E-state index contributed by atoms with van der Waals surface area (Å²) in [5.74, 6) is -1.44. The van der Waals surface area contributed by atoms with Crippen molar-refractivity contribution in [3.63, 3.8) is 0 Å². The minimum atomic E-state index is -4.70. The first kappa shape index (κ1) is 21.1. The van der Waals surface area contributed by atoms with Crippen LogP contribution in [-0.2, 0) is 28.5 Å². The fourth-order valence-corrected chi connectivity index (χ4v) is 4.36. The van der Waals surface area contributed by atoms with E-state index in [1.165, 1.54) is 26.2 Å². The Morgan fingerprint density at radius 2 is 2.10 bits per heavy atom. The summed E-state index contributed by atoms with van der Waals surface area (Å²) >= 11 is 0.149. The number of alkyl halides is 3. The number of aryl methyl sites for hydroxylation is 1. The van der Waals surface area contributed by atoms with Gasteiger partial charge in [0.05, 0.1) is 22.1 Å². The standard InChI is InChI=1S/C16H14F3N5O3S2/c1-3-29(26,27)10-6-9(15(8-20)4-5-15)7-21-11(10)12(25)22-14-24(2)23-13(28-14)16(17,18)19/h6-7H,3-5H2,1-2H3. The van der Waals surface area contributed by atoms with Crippen LogP contribution in [0.2, 0.25) is 0 Å². The summed E-state index contributed by atoms with van der Waals surface area (Å²) in [7, 11) is -2.73. The smallest absolute Gasteiger partial charge is 0.265 e. The maximum atomic E-state index is 12.8. The van der Waals surface area contributed by atoms with E-state index in [9.17, 15) is 31.6 Å². The fourth-order valence-electron chi connectivity index (χ4n) is 2.55. The van der Waals surface area contributed by atoms with E-state index in [1.54, 1.807) is 0 Å². The maximum absolute atomic E-state index is 12.8. The molecule has 8 nitrogen and oxygen atoms in total. The quantitative estimate of drug-likeness (QED) is 0.710. The molecule has 2 aromatic heterocycles. The Labute approximate surface area is 167 Å². The van der Waals surface area contributed by atoms with Crippen LogP contribution in [0.1, 0.15) is 40.8 Å². The van der Waals surface area contributed by atoms with Crippen LogP contribution in [0.3, 0.4) is 0 Å². The Balaban J connectivity index is 2.13. The second kappa shape index (κ2) is 7.03. The number of carbonyl (C=O) groups excluding carboxylic acids is 1. The summed E-state index contributed by atoms with van der Waals surface area (Å²) in [5.41, 5.74) is -0.951. The van der Waals surface area contributed by atoms with Gasteiger partial charge in [0.1, 0.15) is 5.69 Å². The van der Waals surface area contributed by atoms with Crippen molar-refractivity contribution in [2.45, 2.75) is 36.3 Å². The number of sulfone groups is 1. The zero-order valence-corrected chi connectivity index (χ0v) is 16.8. The highest BCUT2D eigenvalue weighted by atomic mass is 32.2. The van der Waals surface area contributed by atoms with Crippen molar-refractivity contribution in [1.29, 1.82) is 5.26 Å². The molecule has 1 aliphatic rings. The van der Waals surface area contributed by atoms with Crippen LogP contribution >= 0.6 is 11.3 Å². The molecule has 2 heterocycles. The third-order valence-corrected chi connectivity index (χ3v) is 7.22. The van der Waals surface area contributed by atoms with Gasteiger partial charge in [-0.2, -0.15) is 28.5 Å². The normalized spacial score (nSPS) is 16.5. The number of pyridine rings is 1. The van der Waals surface area contributed by atoms with Crippen molar-refractivity contribution in [2.75, 3.05) is 5.75 Å². The van der Waals surface area contributed by atoms with Crippen LogP contribution < -0.4 is 4.80 Å². The van der Waals surface area contributed by atoms with Gasteiger partial charge in [-0.05, 0) is 24.5 Å². The number of rotatable bonds is 4. The molecule has 0 unspecified atom stereocenters. The average molecular weight is 445 g/mol. The van der Waals surface area contributed by atoms with Gasteiger partial charge in [0.25, 0.3) is 5.91 Å². The van der Waals surface area contributed by atoms with Gasteiger partial charge in [-0.1, -0.05) is 18.3 Å². The molecule has 154 valence electrons. The molecule has 0 aromatic carbocycles. The first-order valence-corrected chi connectivity index (χ1v) is 10.8. The van der Waals surface area contributed by atoms with Crippen molar-refractivity contribution in [2.24, 2.45) is 12.0 Å². The van der Waals surface area contributed by atoms with Gasteiger partial charge >= 0.3 is 6.18 Å². The minimum absolute atomic E-state index is 0.149. The molecular formula is C16H14F3N5O3S2. The Morgan fingerprint density at radius 3 is 2.59 bits per heavy atom. The van der Waals surface area contributed by atoms with Gasteiger partial charge in [-0.15, -0.1) is 0 Å². The van der Waals surface area contributed by atoms with Crippen LogP contribution in [0.4, 0.5) is 13.2 Å². The number of carbonyl (C=O) groups is 1. The molecule has 1 fully saturated rings. The molecule has 1 aliphatic carbocycles. The van der Waals surface area contributed by atoms with E-state index in [1.807, 2.05) is 0 Å². The summed E-state index contributed by atoms with van der Waals surface area (Å²) in [6.45, 7) is 1.38. The Bertz CT molecular complexity index is 1200. The molecule has 1 amide bonds. The summed E-state index contributed by atoms with van der Waals surface area (Å²) in [4.78, 5) is 19.3. The van der Waals surface area contributed by atoms with E-state index in [-0.39, 0.29) is 21.9 Å². The molecule has 0 atom stereocenters. The third kappa shape index (κ3) is 3.95. The van der Waals surface area contributed by atoms with Crippen LogP contribution in [0.15, 0.2) is 22.2 Å². The van der Waals surface area contributed by atoms with Crippen molar-refractivity contribution < 1.29 is 26.4 Å². The predicted octanol–water partition coefficient (Wildman–Crippen LogP) is 1.99. The largest absolute Gasteiger partial charge is 0.445 e. The Kier molecular flexibility index (Phi) is 5.12. The lowest BCUT2D eigenvalue weighted by Crippen LogP contribution is -2.18.